The lowest BCUT2D eigenvalue weighted by Gasteiger charge is -1.99. The summed E-state index contributed by atoms with van der Waals surface area (Å²) in [6, 6.07) is 8.41. The third-order valence-corrected chi connectivity index (χ3v) is 2.33. The van der Waals surface area contributed by atoms with Crippen LogP contribution in [0.3, 0.4) is 0 Å². The molecule has 0 radical (unpaired) electrons. The van der Waals surface area contributed by atoms with Gasteiger partial charge in [0.05, 0.1) is 5.56 Å². The number of aryl methyl sites for hydroxylation is 1. The van der Waals surface area contributed by atoms with E-state index in [9.17, 15) is 9.59 Å². The molecule has 0 aliphatic rings. The summed E-state index contributed by atoms with van der Waals surface area (Å²) in [6.07, 6.45) is 0. The Bertz CT molecular complexity index is 571. The molecule has 0 amide bonds. The Kier molecular flexibility index (Phi) is 2.74. The summed E-state index contributed by atoms with van der Waals surface area (Å²) < 4.78 is 4.75. The summed E-state index contributed by atoms with van der Waals surface area (Å²) in [5.74, 6) is -1.47. The standard InChI is InChI=1S/C12H9NO4/c1-7-9(10(12(15)16)13-17-7)11(14)8-5-3-2-4-6-8/h2-6H,1H3,(H,15,16). The van der Waals surface area contributed by atoms with Crippen molar-refractivity contribution in [1.29, 1.82) is 0 Å². The van der Waals surface area contributed by atoms with Gasteiger partial charge in [-0.1, -0.05) is 35.5 Å². The van der Waals surface area contributed by atoms with E-state index in [1.807, 2.05) is 0 Å². The fraction of sp³-hybridized carbons (Fsp3) is 0.0833. The van der Waals surface area contributed by atoms with Crippen molar-refractivity contribution in [3.05, 3.63) is 52.9 Å². The predicted octanol–water partition coefficient (Wildman–Crippen LogP) is 1.91. The van der Waals surface area contributed by atoms with Gasteiger partial charge in [0, 0.05) is 5.56 Å². The smallest absolute Gasteiger partial charge is 0.358 e. The molecule has 2 aromatic rings. The van der Waals surface area contributed by atoms with Crippen LogP contribution in [0.15, 0.2) is 34.9 Å². The van der Waals surface area contributed by atoms with Crippen LogP contribution in [0.4, 0.5) is 0 Å². The van der Waals surface area contributed by atoms with Gasteiger partial charge in [-0.2, -0.15) is 0 Å². The summed E-state index contributed by atoms with van der Waals surface area (Å²) in [5.41, 5.74) is 0.0568. The van der Waals surface area contributed by atoms with Crippen molar-refractivity contribution in [2.75, 3.05) is 0 Å². The number of nitrogens with zero attached hydrogens (tertiary/aromatic N) is 1. The van der Waals surface area contributed by atoms with Gasteiger partial charge in [0.25, 0.3) is 0 Å². The number of carboxylic acids is 1. The molecule has 0 fully saturated rings. The minimum absolute atomic E-state index is 0.00343. The molecule has 17 heavy (non-hydrogen) atoms. The fourth-order valence-corrected chi connectivity index (χ4v) is 1.52. The highest BCUT2D eigenvalue weighted by Crippen LogP contribution is 2.18. The molecule has 0 aliphatic carbocycles. The zero-order chi connectivity index (χ0) is 12.4. The first-order valence-corrected chi connectivity index (χ1v) is 4.90. The van der Waals surface area contributed by atoms with Gasteiger partial charge in [0.15, 0.2) is 5.78 Å². The zero-order valence-corrected chi connectivity index (χ0v) is 9.01. The first-order valence-electron chi connectivity index (χ1n) is 4.90. The normalized spacial score (nSPS) is 10.2. The molecule has 0 spiro atoms. The fourth-order valence-electron chi connectivity index (χ4n) is 1.52. The van der Waals surface area contributed by atoms with Gasteiger partial charge in [0.1, 0.15) is 5.76 Å². The molecule has 0 bridgehead atoms. The summed E-state index contributed by atoms with van der Waals surface area (Å²) in [6.45, 7) is 1.51. The molecule has 1 aromatic carbocycles. The van der Waals surface area contributed by atoms with Crippen molar-refractivity contribution in [2.45, 2.75) is 6.92 Å². The quantitative estimate of drug-likeness (QED) is 0.816. The van der Waals surface area contributed by atoms with Crippen LogP contribution in [-0.4, -0.2) is 22.0 Å². The van der Waals surface area contributed by atoms with E-state index in [4.69, 9.17) is 9.63 Å². The minimum atomic E-state index is -1.28. The van der Waals surface area contributed by atoms with Crippen molar-refractivity contribution in [3.63, 3.8) is 0 Å². The lowest BCUT2D eigenvalue weighted by Crippen LogP contribution is -2.09. The minimum Gasteiger partial charge on any atom is -0.476 e. The topological polar surface area (TPSA) is 80.4 Å². The Balaban J connectivity index is 2.51. The van der Waals surface area contributed by atoms with E-state index >= 15 is 0 Å². The van der Waals surface area contributed by atoms with Crippen molar-refractivity contribution in [1.82, 2.24) is 5.16 Å². The summed E-state index contributed by atoms with van der Waals surface area (Å²) in [5, 5.41) is 12.3. The second-order valence-corrected chi connectivity index (χ2v) is 3.46. The number of benzene rings is 1. The highest BCUT2D eigenvalue weighted by molar-refractivity contribution is 6.14. The monoisotopic (exact) mass is 231 g/mol. The maximum absolute atomic E-state index is 12.1. The Morgan fingerprint density at radius 2 is 1.88 bits per heavy atom. The van der Waals surface area contributed by atoms with E-state index in [-0.39, 0.29) is 17.0 Å². The second kappa shape index (κ2) is 4.21. The third kappa shape index (κ3) is 1.94. The van der Waals surface area contributed by atoms with E-state index in [1.165, 1.54) is 6.92 Å². The number of rotatable bonds is 3. The van der Waals surface area contributed by atoms with E-state index < -0.39 is 11.8 Å². The van der Waals surface area contributed by atoms with Crippen molar-refractivity contribution >= 4 is 11.8 Å². The largest absolute Gasteiger partial charge is 0.476 e. The number of aromatic carboxylic acids is 1. The molecule has 86 valence electrons. The Morgan fingerprint density at radius 1 is 1.24 bits per heavy atom. The summed E-state index contributed by atoms with van der Waals surface area (Å²) in [7, 11) is 0. The Labute approximate surface area is 96.7 Å². The van der Waals surface area contributed by atoms with Crippen LogP contribution in [0, 0.1) is 6.92 Å². The average molecular weight is 231 g/mol. The van der Waals surface area contributed by atoms with Crippen LogP contribution in [0.5, 0.6) is 0 Å². The van der Waals surface area contributed by atoms with Crippen LogP contribution in [-0.2, 0) is 0 Å². The van der Waals surface area contributed by atoms with E-state index in [2.05, 4.69) is 5.16 Å². The molecule has 1 aromatic heterocycles. The van der Waals surface area contributed by atoms with Gasteiger partial charge < -0.3 is 9.63 Å². The summed E-state index contributed by atoms with van der Waals surface area (Å²) in [4.78, 5) is 23.0. The highest BCUT2D eigenvalue weighted by Gasteiger charge is 2.25. The molecule has 0 saturated carbocycles. The number of carbonyl (C=O) groups is 2. The van der Waals surface area contributed by atoms with Gasteiger partial charge >= 0.3 is 5.97 Å². The first-order chi connectivity index (χ1) is 8.11. The van der Waals surface area contributed by atoms with Gasteiger partial charge in [0.2, 0.25) is 5.69 Å². The number of carboxylic acid groups (broad SMARTS) is 1. The maximum Gasteiger partial charge on any atom is 0.358 e. The molecule has 0 unspecified atom stereocenters. The average Bonchev–Trinajstić information content (AvgIpc) is 2.71. The zero-order valence-electron chi connectivity index (χ0n) is 9.01. The van der Waals surface area contributed by atoms with Crippen LogP contribution in [0.1, 0.15) is 32.2 Å². The molecular formula is C12H9NO4. The Hall–Kier alpha value is -2.43. The Morgan fingerprint density at radius 3 is 2.47 bits per heavy atom. The summed E-state index contributed by atoms with van der Waals surface area (Å²) >= 11 is 0. The maximum atomic E-state index is 12.1. The predicted molar refractivity (Wildman–Crippen MR) is 58.1 cm³/mol. The first kappa shape index (κ1) is 11.1. The third-order valence-electron chi connectivity index (χ3n) is 2.33. The number of ketones is 1. The van der Waals surface area contributed by atoms with Gasteiger partial charge in [-0.25, -0.2) is 4.79 Å². The number of hydrogen-bond donors (Lipinski definition) is 1. The SMILES string of the molecule is Cc1onc(C(=O)O)c1C(=O)c1ccccc1. The van der Waals surface area contributed by atoms with Crippen LogP contribution in [0.2, 0.25) is 0 Å². The molecule has 0 saturated heterocycles. The molecule has 1 N–H and O–H groups in total. The molecule has 0 atom stereocenters. The van der Waals surface area contributed by atoms with Crippen molar-refractivity contribution in [2.24, 2.45) is 0 Å². The number of hydrogen-bond acceptors (Lipinski definition) is 4. The molecule has 0 aliphatic heterocycles. The van der Waals surface area contributed by atoms with Crippen molar-refractivity contribution in [3.8, 4) is 0 Å². The molecule has 5 heteroatoms. The molecule has 1 heterocycles. The molecular weight excluding hydrogens is 222 g/mol. The molecule has 2 rings (SSSR count). The van der Waals surface area contributed by atoms with Gasteiger partial charge in [-0.15, -0.1) is 0 Å². The van der Waals surface area contributed by atoms with Gasteiger partial charge in [-0.05, 0) is 6.92 Å². The van der Waals surface area contributed by atoms with Crippen LogP contribution in [0.25, 0.3) is 0 Å². The van der Waals surface area contributed by atoms with E-state index in [0.29, 0.717) is 5.56 Å². The van der Waals surface area contributed by atoms with Crippen LogP contribution >= 0.6 is 0 Å². The lowest BCUT2D eigenvalue weighted by molar-refractivity contribution is 0.0682. The highest BCUT2D eigenvalue weighted by atomic mass is 16.5. The van der Waals surface area contributed by atoms with E-state index in [1.54, 1.807) is 30.3 Å². The number of aromatic nitrogens is 1. The number of carbonyl (C=O) groups excluding carboxylic acids is 1. The van der Waals surface area contributed by atoms with E-state index in [0.717, 1.165) is 0 Å². The van der Waals surface area contributed by atoms with Crippen LogP contribution < -0.4 is 0 Å². The van der Waals surface area contributed by atoms with Crippen molar-refractivity contribution < 1.29 is 19.2 Å². The second-order valence-electron chi connectivity index (χ2n) is 3.46. The van der Waals surface area contributed by atoms with Gasteiger partial charge in [-0.3, -0.25) is 4.79 Å². The molecule has 5 nitrogen and oxygen atoms in total. The lowest BCUT2D eigenvalue weighted by atomic mass is 10.0.